The molecule has 0 saturated heterocycles. The van der Waals surface area contributed by atoms with E-state index < -0.39 is 0 Å². The number of aromatic nitrogens is 1. The van der Waals surface area contributed by atoms with E-state index in [0.29, 0.717) is 5.02 Å². The molecule has 0 aliphatic rings. The predicted molar refractivity (Wildman–Crippen MR) is 91.8 cm³/mol. The molecule has 4 heteroatoms. The van der Waals surface area contributed by atoms with Crippen LogP contribution in [0.1, 0.15) is 11.3 Å². The zero-order valence-electron chi connectivity index (χ0n) is 11.7. The number of aryl methyl sites for hydroxylation is 2. The van der Waals surface area contributed by atoms with E-state index in [4.69, 9.17) is 23.2 Å². The van der Waals surface area contributed by atoms with Crippen LogP contribution in [0.25, 0.3) is 10.9 Å². The van der Waals surface area contributed by atoms with Gasteiger partial charge in [-0.3, -0.25) is 4.98 Å². The van der Waals surface area contributed by atoms with Crippen LogP contribution in [0.5, 0.6) is 0 Å². The molecule has 1 aromatic heterocycles. The fourth-order valence-corrected chi connectivity index (χ4v) is 3.62. The average Bonchev–Trinajstić information content (AvgIpc) is 2.47. The highest BCUT2D eigenvalue weighted by Gasteiger charge is 2.12. The maximum Gasteiger partial charge on any atom is 0.0894 e. The van der Waals surface area contributed by atoms with Crippen LogP contribution in [0.4, 0.5) is 0 Å². The summed E-state index contributed by atoms with van der Waals surface area (Å²) in [7, 11) is 0. The van der Waals surface area contributed by atoms with Gasteiger partial charge in [-0.2, -0.15) is 0 Å². The molecule has 0 bridgehead atoms. The van der Waals surface area contributed by atoms with E-state index in [0.717, 1.165) is 26.5 Å². The Labute approximate surface area is 138 Å². The lowest BCUT2D eigenvalue weighted by molar-refractivity contribution is 1.12. The zero-order chi connectivity index (χ0) is 15.0. The highest BCUT2D eigenvalue weighted by Crippen LogP contribution is 2.37. The monoisotopic (exact) mass is 333 g/mol. The van der Waals surface area contributed by atoms with Crippen LogP contribution < -0.4 is 0 Å². The summed E-state index contributed by atoms with van der Waals surface area (Å²) in [4.78, 5) is 6.99. The van der Waals surface area contributed by atoms with E-state index >= 15 is 0 Å². The second-order valence-corrected chi connectivity index (χ2v) is 6.77. The first-order valence-electron chi connectivity index (χ1n) is 6.55. The van der Waals surface area contributed by atoms with E-state index in [1.165, 1.54) is 10.5 Å². The summed E-state index contributed by atoms with van der Waals surface area (Å²) in [6.45, 7) is 4.14. The maximum atomic E-state index is 6.25. The predicted octanol–water partition coefficient (Wildman–Crippen LogP) is 6.31. The lowest BCUT2D eigenvalue weighted by atomic mass is 10.1. The van der Waals surface area contributed by atoms with Gasteiger partial charge in [-0.25, -0.2) is 0 Å². The number of rotatable bonds is 2. The Hall–Kier alpha value is -1.22. The van der Waals surface area contributed by atoms with E-state index in [2.05, 4.69) is 18.0 Å². The molecule has 0 saturated carbocycles. The van der Waals surface area contributed by atoms with Gasteiger partial charge in [0.05, 0.1) is 16.2 Å². The van der Waals surface area contributed by atoms with Gasteiger partial charge in [0, 0.05) is 20.2 Å². The van der Waals surface area contributed by atoms with Crippen molar-refractivity contribution in [2.75, 3.05) is 0 Å². The molecule has 0 fully saturated rings. The third kappa shape index (κ3) is 2.89. The number of nitrogens with zero attached hydrogens (tertiary/aromatic N) is 1. The molecular formula is C17H13Cl2NS. The summed E-state index contributed by atoms with van der Waals surface area (Å²) in [5, 5.41) is 2.54. The summed E-state index contributed by atoms with van der Waals surface area (Å²) in [6, 6.07) is 13.8. The first kappa shape index (κ1) is 14.7. The quantitative estimate of drug-likeness (QED) is 0.545. The van der Waals surface area contributed by atoms with Crippen LogP contribution in [-0.2, 0) is 0 Å². The van der Waals surface area contributed by atoms with Crippen molar-refractivity contribution in [1.82, 2.24) is 4.98 Å². The molecule has 0 aliphatic heterocycles. The number of para-hydroxylation sites is 1. The largest absolute Gasteiger partial charge is 0.250 e. The summed E-state index contributed by atoms with van der Waals surface area (Å²) >= 11 is 13.9. The molecule has 21 heavy (non-hydrogen) atoms. The molecule has 2 aromatic carbocycles. The number of benzene rings is 2. The third-order valence-corrected chi connectivity index (χ3v) is 5.24. The van der Waals surface area contributed by atoms with Crippen molar-refractivity contribution in [2.45, 2.75) is 23.6 Å². The molecule has 0 radical (unpaired) electrons. The van der Waals surface area contributed by atoms with Crippen LogP contribution in [0.15, 0.2) is 52.3 Å². The van der Waals surface area contributed by atoms with Crippen LogP contribution in [0.2, 0.25) is 10.0 Å². The van der Waals surface area contributed by atoms with Gasteiger partial charge in [-0.1, -0.05) is 47.1 Å². The molecular weight excluding hydrogens is 321 g/mol. The Morgan fingerprint density at radius 1 is 0.952 bits per heavy atom. The SMILES string of the molecule is Cc1nc2c(Cl)cccc2c(C)c1Sc1ccc(Cl)cc1. The van der Waals surface area contributed by atoms with Gasteiger partial charge in [0.2, 0.25) is 0 Å². The molecule has 0 aliphatic carbocycles. The van der Waals surface area contributed by atoms with E-state index in [9.17, 15) is 0 Å². The third-order valence-electron chi connectivity index (χ3n) is 3.37. The Balaban J connectivity index is 2.12. The van der Waals surface area contributed by atoms with Gasteiger partial charge in [-0.15, -0.1) is 0 Å². The van der Waals surface area contributed by atoms with Gasteiger partial charge < -0.3 is 0 Å². The summed E-state index contributed by atoms with van der Waals surface area (Å²) in [5.74, 6) is 0. The Morgan fingerprint density at radius 2 is 1.67 bits per heavy atom. The fourth-order valence-electron chi connectivity index (χ4n) is 2.31. The van der Waals surface area contributed by atoms with Gasteiger partial charge in [0.15, 0.2) is 0 Å². The molecule has 1 heterocycles. The molecule has 1 nitrogen and oxygen atoms in total. The van der Waals surface area contributed by atoms with Crippen molar-refractivity contribution in [1.29, 1.82) is 0 Å². The second kappa shape index (κ2) is 5.88. The molecule has 3 aromatic rings. The van der Waals surface area contributed by atoms with Crippen molar-refractivity contribution < 1.29 is 0 Å². The van der Waals surface area contributed by atoms with E-state index in [-0.39, 0.29) is 0 Å². The Kier molecular flexibility index (Phi) is 4.12. The minimum atomic E-state index is 0.696. The van der Waals surface area contributed by atoms with Crippen molar-refractivity contribution in [2.24, 2.45) is 0 Å². The smallest absolute Gasteiger partial charge is 0.0894 e. The van der Waals surface area contributed by atoms with Crippen molar-refractivity contribution in [3.8, 4) is 0 Å². The van der Waals surface area contributed by atoms with Crippen molar-refractivity contribution in [3.05, 3.63) is 63.8 Å². The minimum absolute atomic E-state index is 0.696. The number of halogens is 2. The molecule has 0 amide bonds. The average molecular weight is 334 g/mol. The minimum Gasteiger partial charge on any atom is -0.250 e. The number of hydrogen-bond acceptors (Lipinski definition) is 2. The topological polar surface area (TPSA) is 12.9 Å². The van der Waals surface area contributed by atoms with E-state index in [1.54, 1.807) is 11.8 Å². The second-order valence-electron chi connectivity index (χ2n) is 4.84. The first-order valence-corrected chi connectivity index (χ1v) is 8.12. The lowest BCUT2D eigenvalue weighted by Crippen LogP contribution is -1.93. The number of fused-ring (bicyclic) bond motifs is 1. The first-order chi connectivity index (χ1) is 10.1. The Bertz CT molecular complexity index is 813. The van der Waals surface area contributed by atoms with Gasteiger partial charge in [0.1, 0.15) is 0 Å². The summed E-state index contributed by atoms with van der Waals surface area (Å²) < 4.78 is 0. The molecule has 0 unspecified atom stereocenters. The van der Waals surface area contributed by atoms with Gasteiger partial charge >= 0.3 is 0 Å². The van der Waals surface area contributed by atoms with Crippen LogP contribution >= 0.6 is 35.0 Å². The van der Waals surface area contributed by atoms with Crippen LogP contribution in [0, 0.1) is 13.8 Å². The van der Waals surface area contributed by atoms with Crippen molar-refractivity contribution >= 4 is 45.9 Å². The summed E-state index contributed by atoms with van der Waals surface area (Å²) in [6.07, 6.45) is 0. The molecule has 0 N–H and O–H groups in total. The van der Waals surface area contributed by atoms with Gasteiger partial charge in [-0.05, 0) is 49.7 Å². The van der Waals surface area contributed by atoms with Crippen LogP contribution in [-0.4, -0.2) is 4.98 Å². The molecule has 0 spiro atoms. The Morgan fingerprint density at radius 3 is 2.38 bits per heavy atom. The van der Waals surface area contributed by atoms with Crippen molar-refractivity contribution in [3.63, 3.8) is 0 Å². The standard InChI is InChI=1S/C17H13Cl2NS/c1-10-14-4-3-5-15(19)16(14)20-11(2)17(10)21-13-8-6-12(18)7-9-13/h3-9H,1-2H3. The molecule has 106 valence electrons. The van der Waals surface area contributed by atoms with Gasteiger partial charge in [0.25, 0.3) is 0 Å². The fraction of sp³-hybridized carbons (Fsp3) is 0.118. The molecule has 0 atom stereocenters. The molecule has 3 rings (SSSR count). The zero-order valence-corrected chi connectivity index (χ0v) is 14.0. The normalized spacial score (nSPS) is 11.0. The van der Waals surface area contributed by atoms with E-state index in [1.807, 2.05) is 43.3 Å². The lowest BCUT2D eigenvalue weighted by Gasteiger charge is -2.12. The highest BCUT2D eigenvalue weighted by molar-refractivity contribution is 7.99. The number of pyridine rings is 1. The maximum absolute atomic E-state index is 6.25. The summed E-state index contributed by atoms with van der Waals surface area (Å²) in [5.41, 5.74) is 3.07. The highest BCUT2D eigenvalue weighted by atomic mass is 35.5. The number of hydrogen-bond donors (Lipinski definition) is 0. The van der Waals surface area contributed by atoms with Crippen LogP contribution in [0.3, 0.4) is 0 Å².